The van der Waals surface area contributed by atoms with Gasteiger partial charge in [-0.25, -0.2) is 9.67 Å². The summed E-state index contributed by atoms with van der Waals surface area (Å²) in [5.74, 6) is 1.30. The highest BCUT2D eigenvalue weighted by Crippen LogP contribution is 2.08. The maximum absolute atomic E-state index is 5.69. The number of hydrogen-bond donors (Lipinski definition) is 0. The quantitative estimate of drug-likeness (QED) is 0.708. The monoisotopic (exact) mass is 207 g/mol. The molecule has 2 aromatic heterocycles. The second-order valence-electron chi connectivity index (χ2n) is 3.12. The van der Waals surface area contributed by atoms with Crippen LogP contribution in [0, 0.1) is 6.92 Å². The molecule has 0 unspecified atom stereocenters. The van der Waals surface area contributed by atoms with Crippen LogP contribution in [0.1, 0.15) is 11.1 Å². The molecule has 2 aromatic rings. The smallest absolute Gasteiger partial charge is 0.153 e. The Morgan fingerprint density at radius 1 is 1.50 bits per heavy atom. The second-order valence-corrected chi connectivity index (χ2v) is 3.39. The van der Waals surface area contributed by atoms with Gasteiger partial charge in [0.1, 0.15) is 0 Å². The highest BCUT2D eigenvalue weighted by Gasteiger charge is 2.00. The molecule has 0 amide bonds. The van der Waals surface area contributed by atoms with Crippen molar-refractivity contribution in [3.63, 3.8) is 0 Å². The molecule has 0 N–H and O–H groups in total. The van der Waals surface area contributed by atoms with E-state index in [1.807, 2.05) is 25.3 Å². The number of pyridine rings is 1. The maximum Gasteiger partial charge on any atom is 0.153 e. The topological polar surface area (TPSA) is 30.7 Å². The molecule has 0 aliphatic heterocycles. The van der Waals surface area contributed by atoms with Crippen LogP contribution in [-0.4, -0.2) is 14.8 Å². The lowest BCUT2D eigenvalue weighted by atomic mass is 10.3. The number of nitrogens with zero attached hydrogens (tertiary/aromatic N) is 3. The normalized spacial score (nSPS) is 10.4. The van der Waals surface area contributed by atoms with Crippen LogP contribution < -0.4 is 0 Å². The van der Waals surface area contributed by atoms with Crippen LogP contribution in [0.3, 0.4) is 0 Å². The van der Waals surface area contributed by atoms with Gasteiger partial charge in [0, 0.05) is 18.0 Å². The summed E-state index contributed by atoms with van der Waals surface area (Å²) >= 11 is 5.69. The lowest BCUT2D eigenvalue weighted by molar-refractivity contribution is 0.844. The van der Waals surface area contributed by atoms with Gasteiger partial charge in [-0.1, -0.05) is 0 Å². The summed E-state index contributed by atoms with van der Waals surface area (Å²) in [6, 6.07) is 3.93. The van der Waals surface area contributed by atoms with Crippen molar-refractivity contribution in [2.24, 2.45) is 0 Å². The first-order valence-electron chi connectivity index (χ1n) is 4.32. The number of alkyl halides is 1. The highest BCUT2D eigenvalue weighted by molar-refractivity contribution is 6.17. The standard InChI is InChI=1S/C10H10ClN3/c1-8-2-3-12-10(4-8)14-7-9(5-11)6-13-14/h2-4,6-7H,5H2,1H3. The van der Waals surface area contributed by atoms with Crippen LogP contribution in [0.4, 0.5) is 0 Å². The van der Waals surface area contributed by atoms with Crippen LogP contribution in [0.15, 0.2) is 30.7 Å². The van der Waals surface area contributed by atoms with Crippen molar-refractivity contribution in [3.05, 3.63) is 41.9 Å². The van der Waals surface area contributed by atoms with E-state index in [2.05, 4.69) is 10.1 Å². The van der Waals surface area contributed by atoms with Gasteiger partial charge < -0.3 is 0 Å². The Labute approximate surface area is 87.3 Å². The number of aryl methyl sites for hydroxylation is 1. The molecule has 0 aliphatic rings. The Kier molecular flexibility index (Phi) is 2.50. The van der Waals surface area contributed by atoms with Crippen molar-refractivity contribution in [3.8, 4) is 5.82 Å². The van der Waals surface area contributed by atoms with Gasteiger partial charge >= 0.3 is 0 Å². The molecule has 0 fully saturated rings. The maximum atomic E-state index is 5.69. The van der Waals surface area contributed by atoms with Crippen molar-refractivity contribution in [1.29, 1.82) is 0 Å². The van der Waals surface area contributed by atoms with Crippen molar-refractivity contribution >= 4 is 11.6 Å². The van der Waals surface area contributed by atoms with Gasteiger partial charge in [-0.3, -0.25) is 0 Å². The third-order valence-electron chi connectivity index (χ3n) is 1.93. The zero-order valence-electron chi connectivity index (χ0n) is 7.81. The average molecular weight is 208 g/mol. The van der Waals surface area contributed by atoms with Crippen LogP contribution in [0.2, 0.25) is 0 Å². The molecule has 3 nitrogen and oxygen atoms in total. The molecule has 0 aromatic carbocycles. The highest BCUT2D eigenvalue weighted by atomic mass is 35.5. The van der Waals surface area contributed by atoms with E-state index in [-0.39, 0.29) is 0 Å². The predicted octanol–water partition coefficient (Wildman–Crippen LogP) is 2.31. The Balaban J connectivity index is 2.39. The molecule has 14 heavy (non-hydrogen) atoms. The molecule has 0 saturated carbocycles. The molecule has 0 atom stereocenters. The fourth-order valence-corrected chi connectivity index (χ4v) is 1.34. The van der Waals surface area contributed by atoms with E-state index in [9.17, 15) is 0 Å². The van der Waals surface area contributed by atoms with Gasteiger partial charge in [-0.05, 0) is 24.6 Å². The Bertz CT molecular complexity index is 436. The van der Waals surface area contributed by atoms with E-state index in [1.54, 1.807) is 17.1 Å². The van der Waals surface area contributed by atoms with Gasteiger partial charge in [-0.15, -0.1) is 11.6 Å². The molecule has 0 bridgehead atoms. The Morgan fingerprint density at radius 2 is 2.36 bits per heavy atom. The van der Waals surface area contributed by atoms with E-state index >= 15 is 0 Å². The molecular weight excluding hydrogens is 198 g/mol. The second kappa shape index (κ2) is 3.80. The van der Waals surface area contributed by atoms with Crippen LogP contribution in [0.25, 0.3) is 5.82 Å². The summed E-state index contributed by atoms with van der Waals surface area (Å²) in [5.41, 5.74) is 2.16. The molecule has 4 heteroatoms. The summed E-state index contributed by atoms with van der Waals surface area (Å²) in [4.78, 5) is 4.21. The summed E-state index contributed by atoms with van der Waals surface area (Å²) in [6.07, 6.45) is 5.40. The minimum absolute atomic E-state index is 0.478. The molecule has 0 spiro atoms. The van der Waals surface area contributed by atoms with Gasteiger partial charge in [0.05, 0.1) is 12.1 Å². The minimum atomic E-state index is 0.478. The molecule has 2 heterocycles. The van der Waals surface area contributed by atoms with Crippen LogP contribution >= 0.6 is 11.6 Å². The minimum Gasteiger partial charge on any atom is -0.237 e. The zero-order chi connectivity index (χ0) is 9.97. The van der Waals surface area contributed by atoms with Crippen molar-refractivity contribution in [2.45, 2.75) is 12.8 Å². The molecule has 2 rings (SSSR count). The van der Waals surface area contributed by atoms with Crippen LogP contribution in [-0.2, 0) is 5.88 Å². The van der Waals surface area contributed by atoms with Crippen molar-refractivity contribution < 1.29 is 0 Å². The number of halogens is 1. The zero-order valence-corrected chi connectivity index (χ0v) is 8.57. The molecule has 0 radical (unpaired) electrons. The lowest BCUT2D eigenvalue weighted by Gasteiger charge is -1.99. The van der Waals surface area contributed by atoms with Gasteiger partial charge in [0.2, 0.25) is 0 Å². The first kappa shape index (κ1) is 9.21. The SMILES string of the molecule is Cc1ccnc(-n2cc(CCl)cn2)c1. The van der Waals surface area contributed by atoms with Gasteiger partial charge in [0.15, 0.2) is 5.82 Å². The van der Waals surface area contributed by atoms with E-state index in [0.717, 1.165) is 16.9 Å². The third-order valence-corrected chi connectivity index (χ3v) is 2.23. The average Bonchev–Trinajstić information content (AvgIpc) is 2.66. The van der Waals surface area contributed by atoms with Gasteiger partial charge in [0.25, 0.3) is 0 Å². The van der Waals surface area contributed by atoms with E-state index in [0.29, 0.717) is 5.88 Å². The first-order valence-corrected chi connectivity index (χ1v) is 4.85. The molecule has 0 saturated heterocycles. The van der Waals surface area contributed by atoms with E-state index in [1.165, 1.54) is 0 Å². The fourth-order valence-electron chi connectivity index (χ4n) is 1.20. The molecular formula is C10H10ClN3. The number of aromatic nitrogens is 3. The summed E-state index contributed by atoms with van der Waals surface area (Å²) in [5, 5.41) is 4.17. The summed E-state index contributed by atoms with van der Waals surface area (Å²) < 4.78 is 1.73. The number of rotatable bonds is 2. The van der Waals surface area contributed by atoms with E-state index in [4.69, 9.17) is 11.6 Å². The van der Waals surface area contributed by atoms with Crippen molar-refractivity contribution in [2.75, 3.05) is 0 Å². The summed E-state index contributed by atoms with van der Waals surface area (Å²) in [6.45, 7) is 2.02. The predicted molar refractivity (Wildman–Crippen MR) is 55.7 cm³/mol. The first-order chi connectivity index (χ1) is 6.79. The van der Waals surface area contributed by atoms with Gasteiger partial charge in [-0.2, -0.15) is 5.10 Å². The lowest BCUT2D eigenvalue weighted by Crippen LogP contribution is -1.97. The third kappa shape index (κ3) is 1.77. The van der Waals surface area contributed by atoms with Crippen LogP contribution in [0.5, 0.6) is 0 Å². The number of hydrogen-bond acceptors (Lipinski definition) is 2. The largest absolute Gasteiger partial charge is 0.237 e. The van der Waals surface area contributed by atoms with E-state index < -0.39 is 0 Å². The Morgan fingerprint density at radius 3 is 3.00 bits per heavy atom. The molecule has 0 aliphatic carbocycles. The fraction of sp³-hybridized carbons (Fsp3) is 0.200. The molecule has 72 valence electrons. The Hall–Kier alpha value is -1.35. The van der Waals surface area contributed by atoms with Crippen molar-refractivity contribution in [1.82, 2.24) is 14.8 Å². The summed E-state index contributed by atoms with van der Waals surface area (Å²) in [7, 11) is 0.